The molecule has 7 nitrogen and oxygen atoms in total. The standard InChI is InChI=1S/C14H18N4O3/c1-3-17(4-2)13(19)9-18-15-11-6-5-10(8-14(20)21)7-12(11)16-18/h5-7H,3-4,8-9H2,1-2H3,(H,20,21). The molecule has 21 heavy (non-hydrogen) atoms. The summed E-state index contributed by atoms with van der Waals surface area (Å²) in [5.74, 6) is -0.926. The molecule has 7 heteroatoms. The molecule has 0 fully saturated rings. The van der Waals surface area contributed by atoms with Gasteiger partial charge < -0.3 is 10.0 Å². The molecule has 0 bridgehead atoms. The SMILES string of the molecule is CCN(CC)C(=O)Cn1nc2ccc(CC(=O)O)cc2n1. The normalized spacial score (nSPS) is 10.8. The van der Waals surface area contributed by atoms with Gasteiger partial charge in [0.1, 0.15) is 17.6 Å². The lowest BCUT2D eigenvalue weighted by Crippen LogP contribution is -2.33. The fourth-order valence-corrected chi connectivity index (χ4v) is 2.16. The van der Waals surface area contributed by atoms with E-state index in [-0.39, 0.29) is 18.9 Å². The summed E-state index contributed by atoms with van der Waals surface area (Å²) in [6, 6.07) is 5.12. The van der Waals surface area contributed by atoms with Gasteiger partial charge in [-0.2, -0.15) is 15.0 Å². The van der Waals surface area contributed by atoms with Crippen LogP contribution in [0.1, 0.15) is 19.4 Å². The number of amides is 1. The molecule has 2 aromatic rings. The number of aromatic nitrogens is 3. The van der Waals surface area contributed by atoms with Crippen molar-refractivity contribution in [2.75, 3.05) is 13.1 Å². The van der Waals surface area contributed by atoms with Crippen molar-refractivity contribution in [2.24, 2.45) is 0 Å². The number of carboxylic acid groups (broad SMARTS) is 1. The fraction of sp³-hybridized carbons (Fsp3) is 0.429. The molecule has 0 aliphatic heterocycles. The average molecular weight is 290 g/mol. The second-order valence-electron chi connectivity index (χ2n) is 4.69. The van der Waals surface area contributed by atoms with Gasteiger partial charge in [-0.3, -0.25) is 9.59 Å². The summed E-state index contributed by atoms with van der Waals surface area (Å²) in [5, 5.41) is 17.3. The van der Waals surface area contributed by atoms with Crippen molar-refractivity contribution in [1.82, 2.24) is 19.9 Å². The number of hydrogen-bond donors (Lipinski definition) is 1. The summed E-state index contributed by atoms with van der Waals surface area (Å²) in [6.45, 7) is 5.24. The van der Waals surface area contributed by atoms with Crippen molar-refractivity contribution in [3.05, 3.63) is 23.8 Å². The van der Waals surface area contributed by atoms with Gasteiger partial charge in [-0.15, -0.1) is 0 Å². The first-order valence-corrected chi connectivity index (χ1v) is 6.86. The van der Waals surface area contributed by atoms with E-state index in [0.717, 1.165) is 0 Å². The maximum atomic E-state index is 12.0. The lowest BCUT2D eigenvalue weighted by atomic mass is 10.1. The molecule has 1 N–H and O–H groups in total. The van der Waals surface area contributed by atoms with Crippen LogP contribution in [0.15, 0.2) is 18.2 Å². The first kappa shape index (κ1) is 15.0. The van der Waals surface area contributed by atoms with Crippen LogP contribution in [0.5, 0.6) is 0 Å². The van der Waals surface area contributed by atoms with Gasteiger partial charge in [-0.25, -0.2) is 0 Å². The molecule has 1 heterocycles. The van der Waals surface area contributed by atoms with Crippen LogP contribution in [0.25, 0.3) is 11.0 Å². The molecule has 0 radical (unpaired) electrons. The quantitative estimate of drug-likeness (QED) is 0.855. The number of aliphatic carboxylic acids is 1. The highest BCUT2D eigenvalue weighted by atomic mass is 16.4. The number of carbonyl (C=O) groups is 2. The number of likely N-dealkylation sites (N-methyl/N-ethyl adjacent to an activating group) is 1. The predicted molar refractivity (Wildman–Crippen MR) is 76.8 cm³/mol. The van der Waals surface area contributed by atoms with Gasteiger partial charge in [0.05, 0.1) is 6.42 Å². The molecular formula is C14H18N4O3. The van der Waals surface area contributed by atoms with Crippen LogP contribution in [-0.4, -0.2) is 50.0 Å². The zero-order chi connectivity index (χ0) is 15.4. The van der Waals surface area contributed by atoms with Gasteiger partial charge in [0.2, 0.25) is 5.91 Å². The Hall–Kier alpha value is -2.44. The molecule has 0 unspecified atom stereocenters. The number of carboxylic acids is 1. The molecule has 1 aromatic heterocycles. The Morgan fingerprint density at radius 3 is 2.48 bits per heavy atom. The molecule has 112 valence electrons. The van der Waals surface area contributed by atoms with E-state index in [9.17, 15) is 9.59 Å². The fourth-order valence-electron chi connectivity index (χ4n) is 2.16. The average Bonchev–Trinajstić information content (AvgIpc) is 2.80. The van der Waals surface area contributed by atoms with Crippen LogP contribution < -0.4 is 0 Å². The van der Waals surface area contributed by atoms with E-state index in [0.29, 0.717) is 29.7 Å². The van der Waals surface area contributed by atoms with Gasteiger partial charge in [-0.1, -0.05) is 6.07 Å². The Morgan fingerprint density at radius 2 is 1.86 bits per heavy atom. The van der Waals surface area contributed by atoms with Crippen molar-refractivity contribution >= 4 is 22.9 Å². The lowest BCUT2D eigenvalue weighted by Gasteiger charge is -2.17. The Labute approximate surface area is 122 Å². The van der Waals surface area contributed by atoms with Crippen LogP contribution >= 0.6 is 0 Å². The monoisotopic (exact) mass is 290 g/mol. The zero-order valence-corrected chi connectivity index (χ0v) is 12.1. The zero-order valence-electron chi connectivity index (χ0n) is 12.1. The maximum Gasteiger partial charge on any atom is 0.307 e. The van der Waals surface area contributed by atoms with Crippen molar-refractivity contribution in [2.45, 2.75) is 26.8 Å². The minimum atomic E-state index is -0.890. The number of rotatable bonds is 6. The van der Waals surface area contributed by atoms with E-state index in [1.807, 2.05) is 13.8 Å². The molecule has 1 aromatic carbocycles. The molecule has 0 aliphatic carbocycles. The number of nitrogens with zero attached hydrogens (tertiary/aromatic N) is 4. The third-order valence-corrected chi connectivity index (χ3v) is 3.23. The molecule has 0 atom stereocenters. The van der Waals surface area contributed by atoms with Crippen LogP contribution in [0.4, 0.5) is 0 Å². The maximum absolute atomic E-state index is 12.0. The summed E-state index contributed by atoms with van der Waals surface area (Å²) >= 11 is 0. The highest BCUT2D eigenvalue weighted by Gasteiger charge is 2.13. The van der Waals surface area contributed by atoms with Gasteiger partial charge in [0.15, 0.2) is 0 Å². The van der Waals surface area contributed by atoms with Crippen molar-refractivity contribution < 1.29 is 14.7 Å². The smallest absolute Gasteiger partial charge is 0.307 e. The Bertz CT molecular complexity index is 661. The minimum Gasteiger partial charge on any atom is -0.481 e. The van der Waals surface area contributed by atoms with Crippen molar-refractivity contribution in [1.29, 1.82) is 0 Å². The van der Waals surface area contributed by atoms with Crippen LogP contribution in [0, 0.1) is 0 Å². The molecule has 0 aliphatic rings. The largest absolute Gasteiger partial charge is 0.481 e. The van der Waals surface area contributed by atoms with E-state index < -0.39 is 5.97 Å². The summed E-state index contributed by atoms with van der Waals surface area (Å²) in [4.78, 5) is 25.8. The van der Waals surface area contributed by atoms with E-state index >= 15 is 0 Å². The number of fused-ring (bicyclic) bond motifs is 1. The summed E-state index contributed by atoms with van der Waals surface area (Å²) < 4.78 is 0. The van der Waals surface area contributed by atoms with Gasteiger partial charge in [-0.05, 0) is 31.5 Å². The number of hydrogen-bond acceptors (Lipinski definition) is 4. The molecular weight excluding hydrogens is 272 g/mol. The van der Waals surface area contributed by atoms with Gasteiger partial charge >= 0.3 is 5.97 Å². The Kier molecular flexibility index (Phi) is 4.52. The molecule has 1 amide bonds. The second kappa shape index (κ2) is 6.34. The van der Waals surface area contributed by atoms with E-state index in [4.69, 9.17) is 5.11 Å². The first-order chi connectivity index (χ1) is 10.0. The van der Waals surface area contributed by atoms with Crippen LogP contribution in [0.3, 0.4) is 0 Å². The molecule has 0 saturated heterocycles. The minimum absolute atomic E-state index is 0.0361. The lowest BCUT2D eigenvalue weighted by molar-refractivity contribution is -0.136. The van der Waals surface area contributed by atoms with Crippen LogP contribution in [-0.2, 0) is 22.6 Å². The highest BCUT2D eigenvalue weighted by Crippen LogP contribution is 2.12. The molecule has 0 saturated carbocycles. The van der Waals surface area contributed by atoms with Gasteiger partial charge in [0, 0.05) is 13.1 Å². The molecule has 2 rings (SSSR count). The van der Waals surface area contributed by atoms with Crippen molar-refractivity contribution in [3.63, 3.8) is 0 Å². The van der Waals surface area contributed by atoms with Crippen LogP contribution in [0.2, 0.25) is 0 Å². The third-order valence-electron chi connectivity index (χ3n) is 3.23. The summed E-state index contributed by atoms with van der Waals surface area (Å²) in [5.41, 5.74) is 1.91. The summed E-state index contributed by atoms with van der Waals surface area (Å²) in [7, 11) is 0. The molecule has 0 spiro atoms. The van der Waals surface area contributed by atoms with E-state index in [2.05, 4.69) is 10.2 Å². The number of benzene rings is 1. The Morgan fingerprint density at radius 1 is 1.19 bits per heavy atom. The first-order valence-electron chi connectivity index (χ1n) is 6.86. The third kappa shape index (κ3) is 3.56. The van der Waals surface area contributed by atoms with E-state index in [1.165, 1.54) is 4.80 Å². The Balaban J connectivity index is 2.18. The van der Waals surface area contributed by atoms with Gasteiger partial charge in [0.25, 0.3) is 0 Å². The van der Waals surface area contributed by atoms with Crippen molar-refractivity contribution in [3.8, 4) is 0 Å². The topological polar surface area (TPSA) is 88.3 Å². The second-order valence-corrected chi connectivity index (χ2v) is 4.69. The number of carbonyl (C=O) groups excluding carboxylic acids is 1. The highest BCUT2D eigenvalue weighted by molar-refractivity contribution is 5.78. The van der Waals surface area contributed by atoms with E-state index in [1.54, 1.807) is 23.1 Å². The summed E-state index contributed by atoms with van der Waals surface area (Å²) in [6.07, 6.45) is -0.0544. The predicted octanol–water partition coefficient (Wildman–Crippen LogP) is 0.927.